The molecular formula is C13H16N2O. The van der Waals surface area contributed by atoms with Crippen molar-refractivity contribution in [3.63, 3.8) is 0 Å². The number of aromatic nitrogens is 2. The molecule has 0 radical (unpaired) electrons. The molecule has 1 aromatic carbocycles. The third-order valence-corrected chi connectivity index (χ3v) is 2.35. The predicted molar refractivity (Wildman–Crippen MR) is 63.1 cm³/mol. The molecule has 3 heteroatoms. The Kier molecular flexibility index (Phi) is 3.72. The Hall–Kier alpha value is -1.61. The van der Waals surface area contributed by atoms with E-state index in [1.807, 2.05) is 42.1 Å². The van der Waals surface area contributed by atoms with Gasteiger partial charge in [0, 0.05) is 6.20 Å². The topological polar surface area (TPSA) is 27.1 Å². The standard InChI is InChI=1S/C13H16N2O/c1-12-7-8-15(14-12)9-10-16-11-13-5-3-2-4-6-13/h2-8H,9-11H2,1H3. The maximum Gasteiger partial charge on any atom is 0.0717 e. The van der Waals surface area contributed by atoms with E-state index in [1.54, 1.807) is 0 Å². The second-order valence-electron chi connectivity index (χ2n) is 3.76. The van der Waals surface area contributed by atoms with Crippen LogP contribution in [0.4, 0.5) is 0 Å². The third-order valence-electron chi connectivity index (χ3n) is 2.35. The number of aryl methyl sites for hydroxylation is 1. The van der Waals surface area contributed by atoms with Crippen LogP contribution in [0.2, 0.25) is 0 Å². The van der Waals surface area contributed by atoms with Crippen LogP contribution >= 0.6 is 0 Å². The monoisotopic (exact) mass is 216 g/mol. The van der Waals surface area contributed by atoms with Crippen LogP contribution in [-0.4, -0.2) is 16.4 Å². The van der Waals surface area contributed by atoms with Crippen LogP contribution in [-0.2, 0) is 17.9 Å². The number of benzene rings is 1. The maximum absolute atomic E-state index is 5.57. The van der Waals surface area contributed by atoms with E-state index >= 15 is 0 Å². The fraction of sp³-hybridized carbons (Fsp3) is 0.308. The molecule has 0 atom stereocenters. The number of nitrogens with zero attached hydrogens (tertiary/aromatic N) is 2. The van der Waals surface area contributed by atoms with Gasteiger partial charge in [-0.25, -0.2) is 0 Å². The fourth-order valence-electron chi connectivity index (χ4n) is 1.51. The summed E-state index contributed by atoms with van der Waals surface area (Å²) in [4.78, 5) is 0. The quantitative estimate of drug-likeness (QED) is 0.718. The summed E-state index contributed by atoms with van der Waals surface area (Å²) in [7, 11) is 0. The molecule has 0 spiro atoms. The lowest BCUT2D eigenvalue weighted by atomic mass is 10.2. The Balaban J connectivity index is 1.69. The summed E-state index contributed by atoms with van der Waals surface area (Å²) in [6.45, 7) is 4.15. The Morgan fingerprint density at radius 3 is 2.69 bits per heavy atom. The molecule has 0 aliphatic rings. The average Bonchev–Trinajstić information content (AvgIpc) is 2.72. The Morgan fingerprint density at radius 2 is 2.00 bits per heavy atom. The van der Waals surface area contributed by atoms with Crippen molar-refractivity contribution in [1.29, 1.82) is 0 Å². The van der Waals surface area contributed by atoms with Crippen molar-refractivity contribution in [3.05, 3.63) is 53.9 Å². The van der Waals surface area contributed by atoms with Crippen molar-refractivity contribution in [2.24, 2.45) is 0 Å². The molecule has 0 unspecified atom stereocenters. The van der Waals surface area contributed by atoms with Crippen molar-refractivity contribution in [2.45, 2.75) is 20.1 Å². The SMILES string of the molecule is Cc1ccn(CCOCc2ccccc2)n1. The zero-order valence-corrected chi connectivity index (χ0v) is 9.47. The summed E-state index contributed by atoms with van der Waals surface area (Å²) in [6, 6.07) is 12.2. The molecule has 0 fully saturated rings. The smallest absolute Gasteiger partial charge is 0.0717 e. The fourth-order valence-corrected chi connectivity index (χ4v) is 1.51. The van der Waals surface area contributed by atoms with Gasteiger partial charge in [0.25, 0.3) is 0 Å². The van der Waals surface area contributed by atoms with Crippen LogP contribution in [0.3, 0.4) is 0 Å². The molecule has 1 heterocycles. The summed E-state index contributed by atoms with van der Waals surface area (Å²) in [5, 5.41) is 4.29. The number of rotatable bonds is 5. The molecule has 0 amide bonds. The molecule has 0 N–H and O–H groups in total. The summed E-state index contributed by atoms with van der Waals surface area (Å²) in [5.74, 6) is 0. The van der Waals surface area contributed by atoms with Gasteiger partial charge in [-0.2, -0.15) is 5.10 Å². The minimum Gasteiger partial charge on any atom is -0.375 e. The van der Waals surface area contributed by atoms with E-state index in [2.05, 4.69) is 17.2 Å². The molecule has 2 rings (SSSR count). The third kappa shape index (κ3) is 3.21. The van der Waals surface area contributed by atoms with Crippen LogP contribution in [0.15, 0.2) is 42.6 Å². The van der Waals surface area contributed by atoms with Crippen molar-refractivity contribution >= 4 is 0 Å². The minimum absolute atomic E-state index is 0.668. The van der Waals surface area contributed by atoms with Gasteiger partial charge in [-0.05, 0) is 18.6 Å². The second-order valence-corrected chi connectivity index (χ2v) is 3.76. The highest BCUT2D eigenvalue weighted by molar-refractivity contribution is 5.13. The first-order valence-corrected chi connectivity index (χ1v) is 5.46. The zero-order valence-electron chi connectivity index (χ0n) is 9.47. The molecule has 0 aliphatic heterocycles. The van der Waals surface area contributed by atoms with E-state index in [9.17, 15) is 0 Å². The highest BCUT2D eigenvalue weighted by Gasteiger charge is 1.95. The van der Waals surface area contributed by atoms with E-state index < -0.39 is 0 Å². The molecule has 2 aromatic rings. The normalized spacial score (nSPS) is 10.6. The van der Waals surface area contributed by atoms with Crippen LogP contribution in [0, 0.1) is 6.92 Å². The van der Waals surface area contributed by atoms with Crippen molar-refractivity contribution in [3.8, 4) is 0 Å². The van der Waals surface area contributed by atoms with Gasteiger partial charge in [-0.15, -0.1) is 0 Å². The Bertz CT molecular complexity index is 423. The van der Waals surface area contributed by atoms with E-state index in [0.717, 1.165) is 12.2 Å². The van der Waals surface area contributed by atoms with Gasteiger partial charge in [0.15, 0.2) is 0 Å². The maximum atomic E-state index is 5.57. The lowest BCUT2D eigenvalue weighted by Crippen LogP contribution is -2.06. The summed E-state index contributed by atoms with van der Waals surface area (Å²) in [5.41, 5.74) is 2.25. The lowest BCUT2D eigenvalue weighted by molar-refractivity contribution is 0.111. The molecule has 16 heavy (non-hydrogen) atoms. The molecule has 0 saturated carbocycles. The summed E-state index contributed by atoms with van der Waals surface area (Å²) < 4.78 is 7.48. The molecule has 0 aliphatic carbocycles. The van der Waals surface area contributed by atoms with Gasteiger partial charge in [0.1, 0.15) is 0 Å². The van der Waals surface area contributed by atoms with E-state index in [0.29, 0.717) is 13.2 Å². The van der Waals surface area contributed by atoms with Crippen LogP contribution in [0.25, 0.3) is 0 Å². The van der Waals surface area contributed by atoms with E-state index in [-0.39, 0.29) is 0 Å². The molecule has 84 valence electrons. The first-order chi connectivity index (χ1) is 7.84. The van der Waals surface area contributed by atoms with Crippen LogP contribution in [0.1, 0.15) is 11.3 Å². The molecule has 1 aromatic heterocycles. The van der Waals surface area contributed by atoms with Gasteiger partial charge in [-0.1, -0.05) is 30.3 Å². The van der Waals surface area contributed by atoms with Gasteiger partial charge in [0.05, 0.1) is 25.5 Å². The van der Waals surface area contributed by atoms with Crippen LogP contribution in [0.5, 0.6) is 0 Å². The number of hydrogen-bond donors (Lipinski definition) is 0. The largest absolute Gasteiger partial charge is 0.375 e. The second kappa shape index (κ2) is 5.47. The molecular weight excluding hydrogens is 200 g/mol. The van der Waals surface area contributed by atoms with Gasteiger partial charge < -0.3 is 4.74 Å². The van der Waals surface area contributed by atoms with Crippen LogP contribution < -0.4 is 0 Å². The minimum atomic E-state index is 0.668. The molecule has 0 bridgehead atoms. The Morgan fingerprint density at radius 1 is 1.19 bits per heavy atom. The Labute approximate surface area is 95.7 Å². The van der Waals surface area contributed by atoms with Crippen molar-refractivity contribution in [1.82, 2.24) is 9.78 Å². The van der Waals surface area contributed by atoms with Crippen molar-refractivity contribution in [2.75, 3.05) is 6.61 Å². The zero-order chi connectivity index (χ0) is 11.2. The lowest BCUT2D eigenvalue weighted by Gasteiger charge is -2.04. The van der Waals surface area contributed by atoms with E-state index in [4.69, 9.17) is 4.74 Å². The first kappa shape index (κ1) is 10.9. The number of hydrogen-bond acceptors (Lipinski definition) is 2. The predicted octanol–water partition coefficient (Wildman–Crippen LogP) is 2.41. The number of ether oxygens (including phenoxy) is 1. The van der Waals surface area contributed by atoms with Gasteiger partial charge in [0.2, 0.25) is 0 Å². The van der Waals surface area contributed by atoms with Gasteiger partial charge in [-0.3, -0.25) is 4.68 Å². The summed E-state index contributed by atoms with van der Waals surface area (Å²) >= 11 is 0. The van der Waals surface area contributed by atoms with E-state index in [1.165, 1.54) is 5.56 Å². The summed E-state index contributed by atoms with van der Waals surface area (Å²) in [6.07, 6.45) is 1.97. The average molecular weight is 216 g/mol. The highest BCUT2D eigenvalue weighted by Crippen LogP contribution is 2.00. The molecule has 0 saturated heterocycles. The highest BCUT2D eigenvalue weighted by atomic mass is 16.5. The van der Waals surface area contributed by atoms with Crippen molar-refractivity contribution < 1.29 is 4.74 Å². The molecule has 3 nitrogen and oxygen atoms in total. The first-order valence-electron chi connectivity index (χ1n) is 5.46. The van der Waals surface area contributed by atoms with Gasteiger partial charge >= 0.3 is 0 Å².